The predicted octanol–water partition coefficient (Wildman–Crippen LogP) is 3.69. The van der Waals surface area contributed by atoms with Gasteiger partial charge in [-0.25, -0.2) is 13.3 Å². The van der Waals surface area contributed by atoms with Crippen molar-refractivity contribution in [2.75, 3.05) is 13.9 Å². The largest absolute Gasteiger partial charge is 0.366 e. The Morgan fingerprint density at radius 1 is 1.33 bits per heavy atom. The zero-order valence-electron chi connectivity index (χ0n) is 14.4. The first kappa shape index (κ1) is 17.9. The van der Waals surface area contributed by atoms with E-state index in [0.717, 1.165) is 16.8 Å². The fourth-order valence-electron chi connectivity index (χ4n) is 4.13. The minimum Gasteiger partial charge on any atom is -0.366 e. The maximum atomic E-state index is 14.7. The first-order chi connectivity index (χ1) is 13.0. The highest BCUT2D eigenvalue weighted by molar-refractivity contribution is 6.30. The molecule has 1 aliphatic carbocycles. The third-order valence-electron chi connectivity index (χ3n) is 5.21. The number of pyridine rings is 1. The smallest absolute Gasteiger partial charge is 0.254 e. The van der Waals surface area contributed by atoms with Gasteiger partial charge < -0.3 is 10.0 Å². The number of alkyl halides is 1. The van der Waals surface area contributed by atoms with Gasteiger partial charge >= 0.3 is 0 Å². The summed E-state index contributed by atoms with van der Waals surface area (Å²) in [6.45, 7) is -1.25. The maximum absolute atomic E-state index is 14.7. The summed E-state index contributed by atoms with van der Waals surface area (Å²) in [5, 5.41) is 12.2. The summed E-state index contributed by atoms with van der Waals surface area (Å²) in [7, 11) is 1.76. The monoisotopic (exact) mass is 391 g/mol. The molecule has 2 aliphatic rings. The molecule has 3 heterocycles. The Kier molecular flexibility index (Phi) is 4.36. The van der Waals surface area contributed by atoms with E-state index in [9.17, 15) is 13.6 Å². The van der Waals surface area contributed by atoms with E-state index in [2.05, 4.69) is 5.10 Å². The van der Waals surface area contributed by atoms with Gasteiger partial charge in [0.15, 0.2) is 6.86 Å². The van der Waals surface area contributed by atoms with Crippen LogP contribution >= 0.6 is 11.6 Å². The first-order valence-electron chi connectivity index (χ1n) is 8.38. The van der Waals surface area contributed by atoms with Gasteiger partial charge in [0.1, 0.15) is 5.82 Å². The van der Waals surface area contributed by atoms with Crippen LogP contribution in [0.15, 0.2) is 36.5 Å². The summed E-state index contributed by atoms with van der Waals surface area (Å²) in [6, 6.07) is 8.19. The Balaban J connectivity index is 0.000000565. The van der Waals surface area contributed by atoms with Crippen LogP contribution in [0, 0.1) is 5.82 Å². The highest BCUT2D eigenvalue weighted by Crippen LogP contribution is 2.51. The van der Waals surface area contributed by atoms with E-state index in [-0.39, 0.29) is 23.7 Å². The minimum absolute atomic E-state index is 0.150. The third-order valence-corrected chi connectivity index (χ3v) is 5.44. The molecule has 2 atom stereocenters. The van der Waals surface area contributed by atoms with Crippen LogP contribution in [-0.4, -0.2) is 39.4 Å². The summed E-state index contributed by atoms with van der Waals surface area (Å²) in [5.74, 6) is -0.682. The molecule has 1 amide bonds. The number of benzene rings is 1. The lowest BCUT2D eigenvalue weighted by atomic mass is 9.89. The van der Waals surface area contributed by atoms with Crippen LogP contribution in [0.2, 0.25) is 5.02 Å². The summed E-state index contributed by atoms with van der Waals surface area (Å²) in [4.78, 5) is 14.4. The van der Waals surface area contributed by atoms with Gasteiger partial charge in [0.25, 0.3) is 5.91 Å². The van der Waals surface area contributed by atoms with Crippen molar-refractivity contribution in [1.29, 1.82) is 0 Å². The number of carbonyl (C=O) groups is 1. The van der Waals surface area contributed by atoms with Crippen LogP contribution in [0.4, 0.5) is 8.78 Å². The fourth-order valence-corrected chi connectivity index (χ4v) is 4.29. The summed E-state index contributed by atoms with van der Waals surface area (Å²) >= 11 is 6.16. The van der Waals surface area contributed by atoms with Gasteiger partial charge in [-0.3, -0.25) is 4.79 Å². The SMILES string of the molecule is CN1C(=O)c2cccc(F)c2C2CC1c1nn3ccc(Cl)cc3c12.OCF. The normalized spacial score (nSPS) is 20.0. The lowest BCUT2D eigenvalue weighted by molar-refractivity contribution is 0.0734. The molecule has 0 saturated carbocycles. The van der Waals surface area contributed by atoms with Crippen LogP contribution in [0.5, 0.6) is 0 Å². The molecule has 2 unspecified atom stereocenters. The average Bonchev–Trinajstić information content (AvgIpc) is 3.15. The van der Waals surface area contributed by atoms with E-state index in [4.69, 9.17) is 16.7 Å². The van der Waals surface area contributed by atoms with Gasteiger partial charge in [0, 0.05) is 40.9 Å². The second kappa shape index (κ2) is 6.58. The molecule has 2 bridgehead atoms. The van der Waals surface area contributed by atoms with Gasteiger partial charge in [-0.15, -0.1) is 0 Å². The number of hydrogen-bond donors (Lipinski definition) is 1. The molecular formula is C19H16ClF2N3O2. The zero-order chi connectivity index (χ0) is 19.3. The van der Waals surface area contributed by atoms with Crippen molar-refractivity contribution in [3.05, 3.63) is 69.8 Å². The quantitative estimate of drug-likeness (QED) is 0.635. The summed E-state index contributed by atoms with van der Waals surface area (Å²) in [5.41, 5.74) is 3.62. The molecule has 1 N–H and O–H groups in total. The second-order valence-corrected chi connectivity index (χ2v) is 6.95. The highest BCUT2D eigenvalue weighted by Gasteiger charge is 2.45. The van der Waals surface area contributed by atoms with Crippen molar-refractivity contribution >= 4 is 23.0 Å². The molecule has 8 heteroatoms. The van der Waals surface area contributed by atoms with Crippen LogP contribution in [0.25, 0.3) is 5.52 Å². The third kappa shape index (κ3) is 2.61. The van der Waals surface area contributed by atoms with E-state index in [1.54, 1.807) is 40.9 Å². The Hall–Kier alpha value is -2.51. The highest BCUT2D eigenvalue weighted by atomic mass is 35.5. The molecule has 2 aromatic heterocycles. The molecule has 1 aliphatic heterocycles. The first-order valence-corrected chi connectivity index (χ1v) is 8.75. The molecule has 27 heavy (non-hydrogen) atoms. The Bertz CT molecular complexity index is 1050. The molecule has 0 fully saturated rings. The lowest BCUT2D eigenvalue weighted by Crippen LogP contribution is -2.30. The summed E-state index contributed by atoms with van der Waals surface area (Å²) in [6.07, 6.45) is 2.45. The van der Waals surface area contributed by atoms with Crippen molar-refractivity contribution in [3.8, 4) is 0 Å². The van der Waals surface area contributed by atoms with Crippen molar-refractivity contribution in [2.24, 2.45) is 0 Å². The molecule has 5 rings (SSSR count). The van der Waals surface area contributed by atoms with Gasteiger partial charge in [0.05, 0.1) is 17.3 Å². The number of halogens is 3. The maximum Gasteiger partial charge on any atom is 0.254 e. The van der Waals surface area contributed by atoms with E-state index in [1.165, 1.54) is 6.07 Å². The number of nitrogens with zero attached hydrogens (tertiary/aromatic N) is 3. The standard InChI is InChI=1S/C18H13ClFN3O.CH3FO/c1-22-14-8-11(15-10(18(22)24)3-2-4-12(15)20)16-13-7-9(19)5-6-23(13)21-17(14)16;2-1-3/h2-7,11,14H,8H2,1H3;3H,1H2. The Morgan fingerprint density at radius 3 is 2.81 bits per heavy atom. The number of aliphatic hydroxyl groups is 1. The van der Waals surface area contributed by atoms with Crippen LogP contribution in [0.3, 0.4) is 0 Å². The van der Waals surface area contributed by atoms with Gasteiger partial charge in [-0.05, 0) is 30.7 Å². The Morgan fingerprint density at radius 2 is 2.07 bits per heavy atom. The van der Waals surface area contributed by atoms with Gasteiger partial charge in [0.2, 0.25) is 0 Å². The Labute approximate surface area is 158 Å². The minimum atomic E-state index is -1.25. The van der Waals surface area contributed by atoms with Crippen LogP contribution < -0.4 is 0 Å². The number of carbonyl (C=O) groups excluding carboxylic acids is 1. The molecule has 0 saturated heterocycles. The molecule has 1 aromatic carbocycles. The van der Waals surface area contributed by atoms with E-state index < -0.39 is 6.86 Å². The van der Waals surface area contributed by atoms with Gasteiger partial charge in [-0.1, -0.05) is 17.7 Å². The summed E-state index contributed by atoms with van der Waals surface area (Å²) < 4.78 is 26.3. The average molecular weight is 392 g/mol. The molecule has 3 aromatic rings. The number of fused-ring (bicyclic) bond motifs is 9. The second-order valence-electron chi connectivity index (χ2n) is 6.51. The predicted molar refractivity (Wildman–Crippen MR) is 96.1 cm³/mol. The van der Waals surface area contributed by atoms with Crippen molar-refractivity contribution in [3.63, 3.8) is 0 Å². The topological polar surface area (TPSA) is 57.8 Å². The molecular weight excluding hydrogens is 376 g/mol. The molecule has 5 nitrogen and oxygen atoms in total. The fraction of sp³-hybridized carbons (Fsp3) is 0.263. The van der Waals surface area contributed by atoms with Crippen molar-refractivity contribution in [2.45, 2.75) is 18.4 Å². The van der Waals surface area contributed by atoms with Crippen LogP contribution in [0.1, 0.15) is 45.6 Å². The molecule has 0 spiro atoms. The van der Waals surface area contributed by atoms with Crippen LogP contribution in [-0.2, 0) is 0 Å². The number of rotatable bonds is 0. The van der Waals surface area contributed by atoms with Gasteiger partial charge in [-0.2, -0.15) is 5.10 Å². The zero-order valence-corrected chi connectivity index (χ0v) is 15.1. The molecule has 0 radical (unpaired) electrons. The van der Waals surface area contributed by atoms with Crippen molar-refractivity contribution < 1.29 is 18.7 Å². The lowest BCUT2D eigenvalue weighted by Gasteiger charge is -2.23. The van der Waals surface area contributed by atoms with E-state index in [1.807, 2.05) is 6.07 Å². The number of aromatic nitrogens is 2. The van der Waals surface area contributed by atoms with E-state index >= 15 is 0 Å². The van der Waals surface area contributed by atoms with Crippen molar-refractivity contribution in [1.82, 2.24) is 14.5 Å². The number of hydrogen-bond acceptors (Lipinski definition) is 3. The number of amides is 1. The van der Waals surface area contributed by atoms with E-state index in [0.29, 0.717) is 22.6 Å². The number of aliphatic hydroxyl groups excluding tert-OH is 1. The molecule has 140 valence electrons.